The number of hydrogen-bond donors (Lipinski definition) is 1. The van der Waals surface area contributed by atoms with Gasteiger partial charge in [0.25, 0.3) is 0 Å². The molecule has 176 valence electrons. The van der Waals surface area contributed by atoms with Crippen molar-refractivity contribution in [3.8, 4) is 0 Å². The van der Waals surface area contributed by atoms with Crippen LogP contribution in [-0.2, 0) is 0 Å². The Hall–Kier alpha value is -1.95. The van der Waals surface area contributed by atoms with Crippen molar-refractivity contribution in [1.82, 2.24) is 34.6 Å². The number of piperazine rings is 1. The van der Waals surface area contributed by atoms with Crippen LogP contribution in [0, 0.1) is 5.92 Å². The summed E-state index contributed by atoms with van der Waals surface area (Å²) in [6.07, 6.45) is 10.7. The number of nitrogens with zero attached hydrogens (tertiary/aromatic N) is 8. The maximum absolute atomic E-state index is 4.98. The van der Waals surface area contributed by atoms with Gasteiger partial charge in [0, 0.05) is 77.1 Å². The molecule has 2 saturated heterocycles. The molecule has 2 atom stereocenters. The Morgan fingerprint density at radius 1 is 1.12 bits per heavy atom. The van der Waals surface area contributed by atoms with Crippen LogP contribution < -0.4 is 10.2 Å². The fourth-order valence-electron chi connectivity index (χ4n) is 4.44. The number of nitrogens with one attached hydrogen (secondary N) is 1. The normalized spacial score (nSPS) is 22.5. The SMILES string of the molecule is CCNC(=NCCN1CCN(c2ncccn2)CC1)N1CCC(C)C(n2ccnc2)C1.I. The van der Waals surface area contributed by atoms with Gasteiger partial charge in [-0.1, -0.05) is 6.92 Å². The predicted molar refractivity (Wildman–Crippen MR) is 139 cm³/mol. The molecule has 10 heteroatoms. The van der Waals surface area contributed by atoms with E-state index >= 15 is 0 Å². The number of aromatic nitrogens is 4. The average Bonchev–Trinajstić information content (AvgIpc) is 3.35. The molecule has 1 N–H and O–H groups in total. The van der Waals surface area contributed by atoms with Crippen molar-refractivity contribution in [2.45, 2.75) is 26.3 Å². The number of guanidine groups is 1. The molecule has 0 aromatic carbocycles. The van der Waals surface area contributed by atoms with Crippen LogP contribution in [0.25, 0.3) is 0 Å². The summed E-state index contributed by atoms with van der Waals surface area (Å²) in [6.45, 7) is 13.1. The van der Waals surface area contributed by atoms with Gasteiger partial charge in [0.05, 0.1) is 18.9 Å². The minimum Gasteiger partial charge on any atom is -0.357 e. The monoisotopic (exact) mass is 553 g/mol. The van der Waals surface area contributed by atoms with Gasteiger partial charge in [-0.15, -0.1) is 24.0 Å². The lowest BCUT2D eigenvalue weighted by Crippen LogP contribution is -2.49. The molecule has 2 aliphatic heterocycles. The second-order valence-corrected chi connectivity index (χ2v) is 8.40. The fourth-order valence-corrected chi connectivity index (χ4v) is 4.44. The molecule has 9 nitrogen and oxygen atoms in total. The Morgan fingerprint density at radius 3 is 2.59 bits per heavy atom. The lowest BCUT2D eigenvalue weighted by molar-refractivity contribution is 0.188. The van der Waals surface area contributed by atoms with Crippen LogP contribution in [0.3, 0.4) is 0 Å². The van der Waals surface area contributed by atoms with E-state index in [2.05, 4.69) is 59.6 Å². The molecule has 4 heterocycles. The molecule has 0 aliphatic carbocycles. The Balaban J connectivity index is 0.00000289. The highest BCUT2D eigenvalue weighted by Crippen LogP contribution is 2.27. The first-order valence-corrected chi connectivity index (χ1v) is 11.5. The highest BCUT2D eigenvalue weighted by Gasteiger charge is 2.29. The molecule has 0 radical (unpaired) electrons. The van der Waals surface area contributed by atoms with Gasteiger partial charge < -0.3 is 19.7 Å². The van der Waals surface area contributed by atoms with Gasteiger partial charge in [-0.3, -0.25) is 9.89 Å². The molecule has 4 rings (SSSR count). The summed E-state index contributed by atoms with van der Waals surface area (Å²) in [5.74, 6) is 2.51. The molecule has 0 amide bonds. The highest BCUT2D eigenvalue weighted by atomic mass is 127. The van der Waals surface area contributed by atoms with Crippen LogP contribution in [-0.4, -0.2) is 94.2 Å². The van der Waals surface area contributed by atoms with Crippen molar-refractivity contribution in [2.24, 2.45) is 10.9 Å². The first-order valence-electron chi connectivity index (χ1n) is 11.5. The minimum atomic E-state index is 0. The van der Waals surface area contributed by atoms with E-state index in [1.165, 1.54) is 0 Å². The second-order valence-electron chi connectivity index (χ2n) is 8.40. The molecule has 32 heavy (non-hydrogen) atoms. The van der Waals surface area contributed by atoms with E-state index in [0.29, 0.717) is 12.0 Å². The van der Waals surface area contributed by atoms with Crippen LogP contribution in [0.1, 0.15) is 26.3 Å². The molecule has 0 saturated carbocycles. The number of likely N-dealkylation sites (tertiary alicyclic amines) is 1. The van der Waals surface area contributed by atoms with Crippen molar-refractivity contribution < 1.29 is 0 Å². The predicted octanol–water partition coefficient (Wildman–Crippen LogP) is 1.96. The van der Waals surface area contributed by atoms with E-state index in [-0.39, 0.29) is 24.0 Å². The maximum Gasteiger partial charge on any atom is 0.225 e. The number of piperidine rings is 1. The third-order valence-electron chi connectivity index (χ3n) is 6.35. The van der Waals surface area contributed by atoms with E-state index < -0.39 is 0 Å². The Labute approximate surface area is 208 Å². The van der Waals surface area contributed by atoms with Gasteiger partial charge in [-0.2, -0.15) is 0 Å². The average molecular weight is 553 g/mol. The number of aliphatic imine (C=N–C) groups is 1. The van der Waals surface area contributed by atoms with Crippen molar-refractivity contribution >= 4 is 35.9 Å². The summed E-state index contributed by atoms with van der Waals surface area (Å²) in [4.78, 5) is 25.1. The Kier molecular flexibility index (Phi) is 9.51. The topological polar surface area (TPSA) is 77.7 Å². The summed E-state index contributed by atoms with van der Waals surface area (Å²) in [6, 6.07) is 2.30. The number of rotatable bonds is 6. The van der Waals surface area contributed by atoms with Crippen molar-refractivity contribution in [2.75, 3.05) is 63.8 Å². The van der Waals surface area contributed by atoms with Crippen LogP contribution in [0.2, 0.25) is 0 Å². The first-order chi connectivity index (χ1) is 15.2. The minimum absolute atomic E-state index is 0. The Bertz CT molecular complexity index is 806. The van der Waals surface area contributed by atoms with Crippen LogP contribution in [0.15, 0.2) is 42.2 Å². The lowest BCUT2D eigenvalue weighted by Gasteiger charge is -2.39. The van der Waals surface area contributed by atoms with Crippen molar-refractivity contribution in [3.05, 3.63) is 37.2 Å². The zero-order chi connectivity index (χ0) is 21.5. The van der Waals surface area contributed by atoms with E-state index in [9.17, 15) is 0 Å². The molecule has 0 spiro atoms. The van der Waals surface area contributed by atoms with Crippen molar-refractivity contribution in [3.63, 3.8) is 0 Å². The quantitative estimate of drug-likeness (QED) is 0.333. The Morgan fingerprint density at radius 2 is 1.91 bits per heavy atom. The molecule has 2 aliphatic rings. The molecule has 2 aromatic rings. The van der Waals surface area contributed by atoms with Crippen LogP contribution >= 0.6 is 24.0 Å². The molecule has 2 unspecified atom stereocenters. The number of imidazole rings is 1. The van der Waals surface area contributed by atoms with Gasteiger partial charge >= 0.3 is 0 Å². The molecule has 2 aromatic heterocycles. The molecule has 0 bridgehead atoms. The summed E-state index contributed by atoms with van der Waals surface area (Å²) >= 11 is 0. The maximum atomic E-state index is 4.98. The second kappa shape index (κ2) is 12.3. The van der Waals surface area contributed by atoms with Crippen LogP contribution in [0.4, 0.5) is 5.95 Å². The number of hydrogen-bond acceptors (Lipinski definition) is 6. The third-order valence-corrected chi connectivity index (χ3v) is 6.35. The van der Waals surface area contributed by atoms with Gasteiger partial charge in [0.1, 0.15) is 0 Å². The van der Waals surface area contributed by atoms with E-state index in [0.717, 1.165) is 77.2 Å². The van der Waals surface area contributed by atoms with Crippen LogP contribution in [0.5, 0.6) is 0 Å². The standard InChI is InChI=1S/C22H35N9.HI/c1-3-24-21(30-10-5-19(2)20(17-30)31-12-8-23-18-31)27-9-11-28-13-15-29(16-14-28)22-25-6-4-7-26-22;/h4,6-8,12,18-20H,3,5,9-11,13-17H2,1-2H3,(H,24,27);1H. The zero-order valence-corrected chi connectivity index (χ0v) is 21.5. The number of halogens is 1. The van der Waals surface area contributed by atoms with E-state index in [1.54, 1.807) is 0 Å². The van der Waals surface area contributed by atoms with Gasteiger partial charge in [0.15, 0.2) is 5.96 Å². The molecule has 2 fully saturated rings. The van der Waals surface area contributed by atoms with Gasteiger partial charge in [-0.25, -0.2) is 15.0 Å². The fraction of sp³-hybridized carbons (Fsp3) is 0.636. The van der Waals surface area contributed by atoms with E-state index in [4.69, 9.17) is 4.99 Å². The summed E-state index contributed by atoms with van der Waals surface area (Å²) < 4.78 is 2.25. The zero-order valence-electron chi connectivity index (χ0n) is 19.2. The smallest absolute Gasteiger partial charge is 0.225 e. The first kappa shape index (κ1) is 24.7. The van der Waals surface area contributed by atoms with Gasteiger partial charge in [-0.05, 0) is 25.3 Å². The summed E-state index contributed by atoms with van der Waals surface area (Å²) in [7, 11) is 0. The highest BCUT2D eigenvalue weighted by molar-refractivity contribution is 14.0. The lowest BCUT2D eigenvalue weighted by atomic mass is 9.93. The van der Waals surface area contributed by atoms with Crippen molar-refractivity contribution in [1.29, 1.82) is 0 Å². The molecular weight excluding hydrogens is 517 g/mol. The largest absolute Gasteiger partial charge is 0.357 e. The third kappa shape index (κ3) is 6.31. The van der Waals surface area contributed by atoms with Gasteiger partial charge in [0.2, 0.25) is 5.95 Å². The number of anilines is 1. The van der Waals surface area contributed by atoms with E-state index in [1.807, 2.05) is 31.0 Å². The summed E-state index contributed by atoms with van der Waals surface area (Å²) in [5, 5.41) is 3.51. The summed E-state index contributed by atoms with van der Waals surface area (Å²) in [5.41, 5.74) is 0. The molecular formula is C22H36IN9.